The fourth-order valence-corrected chi connectivity index (χ4v) is 12.2. The molecule has 0 aromatic heterocycles. The van der Waals surface area contributed by atoms with E-state index in [1.807, 2.05) is 21.1 Å². The molecule has 0 saturated heterocycles. The van der Waals surface area contributed by atoms with Crippen LogP contribution in [-0.2, 0) is 33.3 Å². The van der Waals surface area contributed by atoms with Crippen LogP contribution >= 0.6 is 0 Å². The molecule has 2 atom stereocenters. The Morgan fingerprint density at radius 2 is 0.543 bits per heavy atom. The van der Waals surface area contributed by atoms with Gasteiger partial charge in [-0.3, -0.25) is 9.59 Å². The van der Waals surface area contributed by atoms with Gasteiger partial charge in [0.2, 0.25) is 0 Å². The van der Waals surface area contributed by atoms with E-state index in [1.165, 1.54) is 218 Å². The van der Waals surface area contributed by atoms with Gasteiger partial charge in [0.1, 0.15) is 13.2 Å². The van der Waals surface area contributed by atoms with Crippen molar-refractivity contribution in [1.29, 1.82) is 0 Å². The van der Waals surface area contributed by atoms with Gasteiger partial charge < -0.3 is 28.5 Å². The molecule has 9 heteroatoms. The Kier molecular flexibility index (Phi) is 80.4. The average Bonchev–Trinajstić information content (AvgIpc) is 1.18. The van der Waals surface area contributed by atoms with Crippen LogP contribution in [0.3, 0.4) is 0 Å². The van der Waals surface area contributed by atoms with E-state index < -0.39 is 24.3 Å². The Bertz CT molecular complexity index is 2300. The SMILES string of the molecule is CC/C=C\C/C=C\C/C=C\C/C=C\C/C=C\C/C=C\C/C=C\C/C=C\C/C=C\C/C=C\C/C=C\CCCCCCCCCC(=O)OC(COC(=O)CCCCCCCCCCCCCCCCCCCCCCCCCCCCC/C=C\C/C=C\CCCCCCC)COC(OCC[N+](C)(C)C)C(=O)O. The molecule has 0 saturated carbocycles. The summed E-state index contributed by atoms with van der Waals surface area (Å²) in [5.41, 5.74) is 0. The fraction of sp³-hybridized carbons (Fsp3) is 0.698. The lowest BCUT2D eigenvalue weighted by Crippen LogP contribution is -2.40. The Hall–Kier alpha value is -5.09. The normalized spacial score (nSPS) is 13.4. The average molecular weight is 1460 g/mol. The third-order valence-electron chi connectivity index (χ3n) is 18.8. The van der Waals surface area contributed by atoms with E-state index in [0.717, 1.165) is 122 Å². The lowest BCUT2D eigenvalue weighted by molar-refractivity contribution is -0.870. The van der Waals surface area contributed by atoms with Crippen LogP contribution in [0.2, 0.25) is 0 Å². The van der Waals surface area contributed by atoms with Crippen molar-refractivity contribution >= 4 is 17.9 Å². The number of likely N-dealkylation sites (N-methyl/N-ethyl adjacent to an activating group) is 1. The van der Waals surface area contributed by atoms with Crippen molar-refractivity contribution in [3.05, 3.63) is 158 Å². The first-order valence-electron chi connectivity index (χ1n) is 43.6. The van der Waals surface area contributed by atoms with Crippen molar-refractivity contribution in [1.82, 2.24) is 0 Å². The number of carboxylic acids is 1. The van der Waals surface area contributed by atoms with Gasteiger partial charge in [-0.15, -0.1) is 0 Å². The van der Waals surface area contributed by atoms with Crippen molar-refractivity contribution in [2.75, 3.05) is 47.5 Å². The minimum Gasteiger partial charge on any atom is -0.477 e. The fourth-order valence-electron chi connectivity index (χ4n) is 12.2. The van der Waals surface area contributed by atoms with Crippen LogP contribution in [-0.4, -0.2) is 87.4 Å². The second-order valence-electron chi connectivity index (χ2n) is 30.1. The lowest BCUT2D eigenvalue weighted by atomic mass is 10.0. The van der Waals surface area contributed by atoms with Crippen LogP contribution in [0.1, 0.15) is 373 Å². The highest BCUT2D eigenvalue weighted by Crippen LogP contribution is 2.19. The highest BCUT2D eigenvalue weighted by molar-refractivity contribution is 5.71. The van der Waals surface area contributed by atoms with Gasteiger partial charge in [0.25, 0.3) is 6.29 Å². The van der Waals surface area contributed by atoms with Gasteiger partial charge in [0, 0.05) is 12.8 Å². The number of rotatable bonds is 80. The maximum Gasteiger partial charge on any atom is 0.361 e. The molecule has 2 unspecified atom stereocenters. The van der Waals surface area contributed by atoms with Gasteiger partial charge >= 0.3 is 17.9 Å². The van der Waals surface area contributed by atoms with Crippen LogP contribution < -0.4 is 0 Å². The molecule has 0 bridgehead atoms. The molecule has 600 valence electrons. The molecule has 0 aromatic rings. The minimum absolute atomic E-state index is 0.180. The molecule has 0 heterocycles. The number of hydrogen-bond acceptors (Lipinski definition) is 7. The first-order chi connectivity index (χ1) is 51.6. The van der Waals surface area contributed by atoms with E-state index in [4.69, 9.17) is 18.9 Å². The zero-order valence-corrected chi connectivity index (χ0v) is 68.8. The van der Waals surface area contributed by atoms with Crippen LogP contribution in [0.25, 0.3) is 0 Å². The Balaban J connectivity index is 4.05. The number of nitrogens with zero attached hydrogens (tertiary/aromatic N) is 1. The third kappa shape index (κ3) is 86.0. The maximum atomic E-state index is 13.0. The topological polar surface area (TPSA) is 108 Å². The summed E-state index contributed by atoms with van der Waals surface area (Å²) >= 11 is 0. The molecule has 0 aliphatic carbocycles. The summed E-state index contributed by atoms with van der Waals surface area (Å²) in [5.74, 6) is -2.01. The molecular formula is C96H164NO8+. The number of carbonyl (C=O) groups is 3. The standard InChI is InChI=1S/C96H163NO8/c1-6-8-10-12-14-16-18-20-22-24-26-28-30-32-34-36-38-40-42-44-46-47-49-51-53-55-57-59-61-63-65-67-69-71-73-75-77-79-81-83-85-87-94(99)105-92(91-104-96(95(100)101)102-89-88-97(3,4)5)90-103-93(98)86-84-82-80-78-76-74-72-70-68-66-64-62-60-58-56-54-52-50-48-45-43-41-39-37-35-33-31-29-27-25-23-21-19-17-15-13-11-9-7-2/h8,10,14,16,19-22,25-28,32,34,38,40,44,46,49,51,55,57,61,63,67,69,92,96H,6-7,9,11-13,15,17-18,23-24,29-31,33,35-37,39,41-43,45,47-48,50,52-54,56,58-60,62,64-66,68,70-91H2,1-5H3/p+1/b10-8-,16-14-,21-19-,22-20-,27-25-,28-26-,34-32-,40-38-,46-44-,51-49-,57-55-,63-61-,69-67-. The van der Waals surface area contributed by atoms with Gasteiger partial charge in [-0.05, 0) is 128 Å². The molecule has 0 aromatic carbocycles. The molecule has 105 heavy (non-hydrogen) atoms. The van der Waals surface area contributed by atoms with Gasteiger partial charge in [0.15, 0.2) is 6.10 Å². The first kappa shape index (κ1) is 99.9. The number of hydrogen-bond donors (Lipinski definition) is 1. The lowest BCUT2D eigenvalue weighted by Gasteiger charge is -2.25. The van der Waals surface area contributed by atoms with Crippen LogP contribution in [0.5, 0.6) is 0 Å². The molecule has 1 N–H and O–H groups in total. The molecule has 0 fully saturated rings. The molecule has 0 radical (unpaired) electrons. The predicted molar refractivity (Wildman–Crippen MR) is 456 cm³/mol. The van der Waals surface area contributed by atoms with Crippen molar-refractivity contribution in [3.8, 4) is 0 Å². The molecule has 0 aliphatic rings. The summed E-state index contributed by atoms with van der Waals surface area (Å²) < 4.78 is 23.1. The first-order valence-corrected chi connectivity index (χ1v) is 43.6. The molecular weight excluding hydrogens is 1300 g/mol. The third-order valence-corrected chi connectivity index (χ3v) is 18.8. The zero-order chi connectivity index (χ0) is 76.0. The smallest absolute Gasteiger partial charge is 0.361 e. The highest BCUT2D eigenvalue weighted by Gasteiger charge is 2.25. The maximum absolute atomic E-state index is 13.0. The van der Waals surface area contributed by atoms with Crippen molar-refractivity contribution < 1.29 is 42.9 Å². The molecule has 0 rings (SSSR count). The number of carbonyl (C=O) groups excluding carboxylic acids is 2. The summed E-state index contributed by atoms with van der Waals surface area (Å²) in [4.78, 5) is 37.8. The van der Waals surface area contributed by atoms with E-state index >= 15 is 0 Å². The van der Waals surface area contributed by atoms with Crippen molar-refractivity contribution in [3.63, 3.8) is 0 Å². The zero-order valence-electron chi connectivity index (χ0n) is 68.8. The second-order valence-corrected chi connectivity index (χ2v) is 30.1. The molecule has 9 nitrogen and oxygen atoms in total. The van der Waals surface area contributed by atoms with Crippen LogP contribution in [0.15, 0.2) is 158 Å². The number of ether oxygens (including phenoxy) is 4. The predicted octanol–water partition coefficient (Wildman–Crippen LogP) is 28.7. The second kappa shape index (κ2) is 84.5. The highest BCUT2D eigenvalue weighted by atomic mass is 16.7. The number of carboxylic acid groups (broad SMARTS) is 1. The minimum atomic E-state index is -1.52. The molecule has 0 aliphatic heterocycles. The number of allylic oxidation sites excluding steroid dienone is 26. The Labute approximate surface area is 648 Å². The van der Waals surface area contributed by atoms with Gasteiger partial charge in [-0.2, -0.15) is 0 Å². The molecule has 0 amide bonds. The van der Waals surface area contributed by atoms with Crippen LogP contribution in [0, 0.1) is 0 Å². The van der Waals surface area contributed by atoms with E-state index in [1.54, 1.807) is 0 Å². The van der Waals surface area contributed by atoms with E-state index in [2.05, 4.69) is 172 Å². The van der Waals surface area contributed by atoms with Crippen molar-refractivity contribution in [2.45, 2.75) is 386 Å². The molecule has 0 spiro atoms. The van der Waals surface area contributed by atoms with Crippen molar-refractivity contribution in [2.24, 2.45) is 0 Å². The van der Waals surface area contributed by atoms with Gasteiger partial charge in [-0.25, -0.2) is 4.79 Å². The summed E-state index contributed by atoms with van der Waals surface area (Å²) in [6.45, 7) is 4.77. The van der Waals surface area contributed by atoms with Gasteiger partial charge in [0.05, 0.1) is 34.4 Å². The van der Waals surface area contributed by atoms with E-state index in [0.29, 0.717) is 23.9 Å². The van der Waals surface area contributed by atoms with E-state index in [9.17, 15) is 19.5 Å². The Morgan fingerprint density at radius 3 is 0.810 bits per heavy atom. The number of quaternary nitrogens is 1. The number of aliphatic carboxylic acids is 1. The summed E-state index contributed by atoms with van der Waals surface area (Å²) in [5, 5.41) is 9.79. The van der Waals surface area contributed by atoms with Crippen LogP contribution in [0.4, 0.5) is 0 Å². The Morgan fingerprint density at radius 1 is 0.295 bits per heavy atom. The summed E-state index contributed by atoms with van der Waals surface area (Å²) in [7, 11) is 5.98. The van der Waals surface area contributed by atoms with Gasteiger partial charge in [-0.1, -0.05) is 390 Å². The number of esters is 2. The largest absolute Gasteiger partial charge is 0.477 e. The summed E-state index contributed by atoms with van der Waals surface area (Å²) in [6, 6.07) is 0. The summed E-state index contributed by atoms with van der Waals surface area (Å²) in [6.07, 6.45) is 123. The quantitative estimate of drug-likeness (QED) is 0.0211. The monoisotopic (exact) mass is 1460 g/mol. The number of unbranched alkanes of at least 4 members (excludes halogenated alkanes) is 39. The van der Waals surface area contributed by atoms with E-state index in [-0.39, 0.29) is 32.2 Å².